The molecule has 0 atom stereocenters. The molecule has 2 aromatic heterocycles. The van der Waals surface area contributed by atoms with Gasteiger partial charge in [-0.25, -0.2) is 14.3 Å². The number of carbonyl (C=O) groups is 1. The zero-order valence-corrected chi connectivity index (χ0v) is 17.9. The van der Waals surface area contributed by atoms with Crippen LogP contribution in [0.2, 0.25) is 0 Å². The number of benzene rings is 1. The van der Waals surface area contributed by atoms with Crippen LogP contribution in [0.25, 0.3) is 11.0 Å². The maximum Gasteiger partial charge on any atom is 0.332 e. The van der Waals surface area contributed by atoms with Crippen LogP contribution in [-0.4, -0.2) is 58.2 Å². The van der Waals surface area contributed by atoms with Gasteiger partial charge in [-0.1, -0.05) is 18.2 Å². The van der Waals surface area contributed by atoms with Crippen LogP contribution >= 0.6 is 0 Å². The van der Waals surface area contributed by atoms with Crippen molar-refractivity contribution in [2.45, 2.75) is 13.5 Å². The number of ether oxygens (including phenoxy) is 1. The SMILES string of the molecule is COc1c(C)cnc2c1c(=O)n(CC(=O)N1CCN(c3ccccc3)CC1)c(=O)n2C. The van der Waals surface area contributed by atoms with Crippen LogP contribution in [0, 0.1) is 6.92 Å². The van der Waals surface area contributed by atoms with Gasteiger partial charge in [0, 0.05) is 50.7 Å². The van der Waals surface area contributed by atoms with Gasteiger partial charge < -0.3 is 14.5 Å². The maximum atomic E-state index is 13.1. The van der Waals surface area contributed by atoms with Crippen molar-refractivity contribution in [3.63, 3.8) is 0 Å². The average molecular weight is 423 g/mol. The summed E-state index contributed by atoms with van der Waals surface area (Å²) in [6.45, 7) is 3.90. The minimum absolute atomic E-state index is 0.200. The quantitative estimate of drug-likeness (QED) is 0.616. The Kier molecular flexibility index (Phi) is 5.50. The molecule has 0 spiro atoms. The van der Waals surface area contributed by atoms with Crippen LogP contribution in [0.3, 0.4) is 0 Å². The number of aromatic nitrogens is 3. The Morgan fingerprint density at radius 2 is 1.77 bits per heavy atom. The summed E-state index contributed by atoms with van der Waals surface area (Å²) in [6, 6.07) is 10.0. The molecule has 0 saturated carbocycles. The van der Waals surface area contributed by atoms with E-state index in [1.165, 1.54) is 18.7 Å². The molecule has 1 aromatic carbocycles. The number of anilines is 1. The van der Waals surface area contributed by atoms with Gasteiger partial charge in [0.1, 0.15) is 17.7 Å². The second-order valence-electron chi connectivity index (χ2n) is 7.61. The highest BCUT2D eigenvalue weighted by molar-refractivity contribution is 5.83. The van der Waals surface area contributed by atoms with Gasteiger partial charge in [-0.3, -0.25) is 14.2 Å². The van der Waals surface area contributed by atoms with Gasteiger partial charge in [-0.15, -0.1) is 0 Å². The predicted octanol–water partition coefficient (Wildman–Crippen LogP) is 0.761. The Bertz CT molecular complexity index is 1240. The summed E-state index contributed by atoms with van der Waals surface area (Å²) >= 11 is 0. The van der Waals surface area contributed by atoms with Gasteiger partial charge in [0.15, 0.2) is 5.65 Å². The number of carbonyl (C=O) groups excluding carboxylic acids is 1. The largest absolute Gasteiger partial charge is 0.495 e. The second kappa shape index (κ2) is 8.25. The van der Waals surface area contributed by atoms with E-state index in [2.05, 4.69) is 9.88 Å². The van der Waals surface area contributed by atoms with Crippen molar-refractivity contribution in [1.29, 1.82) is 0 Å². The molecule has 1 fully saturated rings. The summed E-state index contributed by atoms with van der Waals surface area (Å²) in [5.41, 5.74) is 0.886. The Labute approximate surface area is 179 Å². The number of fused-ring (bicyclic) bond motifs is 1. The summed E-state index contributed by atoms with van der Waals surface area (Å²) in [5, 5.41) is 0.200. The molecule has 9 heteroatoms. The molecular weight excluding hydrogens is 398 g/mol. The number of aryl methyl sites for hydroxylation is 2. The van der Waals surface area contributed by atoms with Crippen LogP contribution in [-0.2, 0) is 18.4 Å². The van der Waals surface area contributed by atoms with Crippen molar-refractivity contribution in [3.05, 3.63) is 62.9 Å². The molecule has 9 nitrogen and oxygen atoms in total. The normalized spacial score (nSPS) is 14.2. The van der Waals surface area contributed by atoms with E-state index in [1.807, 2.05) is 30.3 Å². The lowest BCUT2D eigenvalue weighted by atomic mass is 10.2. The first-order valence-electron chi connectivity index (χ1n) is 10.1. The Balaban J connectivity index is 1.60. The van der Waals surface area contributed by atoms with E-state index in [1.54, 1.807) is 18.0 Å². The van der Waals surface area contributed by atoms with Crippen molar-refractivity contribution >= 4 is 22.6 Å². The summed E-state index contributed by atoms with van der Waals surface area (Å²) in [4.78, 5) is 47.0. The predicted molar refractivity (Wildman–Crippen MR) is 118 cm³/mol. The molecule has 0 radical (unpaired) electrons. The number of rotatable bonds is 4. The third-order valence-electron chi connectivity index (χ3n) is 5.74. The van der Waals surface area contributed by atoms with Crippen molar-refractivity contribution < 1.29 is 9.53 Å². The van der Waals surface area contributed by atoms with E-state index < -0.39 is 11.2 Å². The van der Waals surface area contributed by atoms with Crippen LogP contribution < -0.4 is 20.9 Å². The molecule has 31 heavy (non-hydrogen) atoms. The van der Waals surface area contributed by atoms with Crippen LogP contribution in [0.4, 0.5) is 5.69 Å². The lowest BCUT2D eigenvalue weighted by Gasteiger charge is -2.36. The summed E-state index contributed by atoms with van der Waals surface area (Å²) in [5.74, 6) is 0.106. The molecule has 1 amide bonds. The Hall–Kier alpha value is -3.62. The first kappa shape index (κ1) is 20.6. The topological polar surface area (TPSA) is 89.7 Å². The molecule has 3 heterocycles. The molecular formula is C22H25N5O4. The first-order valence-corrected chi connectivity index (χ1v) is 10.1. The number of nitrogens with zero attached hydrogens (tertiary/aromatic N) is 5. The fraction of sp³-hybridized carbons (Fsp3) is 0.364. The highest BCUT2D eigenvalue weighted by Gasteiger charge is 2.24. The minimum Gasteiger partial charge on any atom is -0.495 e. The smallest absolute Gasteiger partial charge is 0.332 e. The van der Waals surface area contributed by atoms with E-state index in [0.29, 0.717) is 37.5 Å². The number of amides is 1. The Morgan fingerprint density at radius 1 is 1.10 bits per heavy atom. The molecule has 0 aliphatic carbocycles. The number of piperazine rings is 1. The lowest BCUT2D eigenvalue weighted by Crippen LogP contribution is -2.51. The van der Waals surface area contributed by atoms with E-state index in [4.69, 9.17) is 4.74 Å². The zero-order valence-electron chi connectivity index (χ0n) is 17.9. The van der Waals surface area contributed by atoms with E-state index in [-0.39, 0.29) is 23.5 Å². The Morgan fingerprint density at radius 3 is 2.42 bits per heavy atom. The van der Waals surface area contributed by atoms with E-state index in [9.17, 15) is 14.4 Å². The van der Waals surface area contributed by atoms with Gasteiger partial charge in [0.2, 0.25) is 5.91 Å². The van der Waals surface area contributed by atoms with Crippen molar-refractivity contribution in [2.75, 3.05) is 38.2 Å². The first-order chi connectivity index (χ1) is 14.9. The van der Waals surface area contributed by atoms with Gasteiger partial charge >= 0.3 is 5.69 Å². The number of hydrogen-bond acceptors (Lipinski definition) is 6. The van der Waals surface area contributed by atoms with Crippen molar-refractivity contribution in [1.82, 2.24) is 19.0 Å². The monoisotopic (exact) mass is 423 g/mol. The molecule has 0 unspecified atom stereocenters. The highest BCUT2D eigenvalue weighted by Crippen LogP contribution is 2.23. The van der Waals surface area contributed by atoms with Crippen LogP contribution in [0.1, 0.15) is 5.56 Å². The van der Waals surface area contributed by atoms with E-state index >= 15 is 0 Å². The maximum absolute atomic E-state index is 13.1. The van der Waals surface area contributed by atoms with Gasteiger partial charge in [0.05, 0.1) is 7.11 Å². The molecule has 4 rings (SSSR count). The standard InChI is InChI=1S/C22H25N5O4/c1-15-13-23-20-18(19(15)31-3)21(29)27(22(30)24(20)2)14-17(28)26-11-9-25(10-12-26)16-7-5-4-6-8-16/h4-8,13H,9-12,14H2,1-3H3. The molecule has 0 bridgehead atoms. The van der Waals surface area contributed by atoms with Crippen LogP contribution in [0.15, 0.2) is 46.1 Å². The fourth-order valence-corrected chi connectivity index (χ4v) is 4.01. The fourth-order valence-electron chi connectivity index (χ4n) is 4.01. The summed E-state index contributed by atoms with van der Waals surface area (Å²) in [6.07, 6.45) is 1.56. The molecule has 162 valence electrons. The van der Waals surface area contributed by atoms with Crippen LogP contribution in [0.5, 0.6) is 5.75 Å². The third-order valence-corrected chi connectivity index (χ3v) is 5.74. The summed E-state index contributed by atoms with van der Waals surface area (Å²) in [7, 11) is 3.00. The number of para-hydroxylation sites is 1. The van der Waals surface area contributed by atoms with Crippen molar-refractivity contribution in [3.8, 4) is 5.75 Å². The molecule has 1 aliphatic rings. The third kappa shape index (κ3) is 3.67. The van der Waals surface area contributed by atoms with Gasteiger partial charge in [0.25, 0.3) is 5.56 Å². The van der Waals surface area contributed by atoms with Gasteiger partial charge in [-0.05, 0) is 19.1 Å². The number of methoxy groups -OCH3 is 1. The van der Waals surface area contributed by atoms with Gasteiger partial charge in [-0.2, -0.15) is 0 Å². The zero-order chi connectivity index (χ0) is 22.1. The molecule has 1 saturated heterocycles. The second-order valence-corrected chi connectivity index (χ2v) is 7.61. The molecule has 3 aromatic rings. The molecule has 1 aliphatic heterocycles. The van der Waals surface area contributed by atoms with Crippen molar-refractivity contribution in [2.24, 2.45) is 7.05 Å². The summed E-state index contributed by atoms with van der Waals surface area (Å²) < 4.78 is 7.64. The average Bonchev–Trinajstić information content (AvgIpc) is 2.80. The number of pyridine rings is 1. The highest BCUT2D eigenvalue weighted by atomic mass is 16.5. The lowest BCUT2D eigenvalue weighted by molar-refractivity contribution is -0.132. The molecule has 0 N–H and O–H groups in total. The minimum atomic E-state index is -0.577. The number of hydrogen-bond donors (Lipinski definition) is 0. The van der Waals surface area contributed by atoms with E-state index in [0.717, 1.165) is 10.3 Å².